The van der Waals surface area contributed by atoms with E-state index in [-0.39, 0.29) is 18.1 Å². The minimum atomic E-state index is -0.196. The Morgan fingerprint density at radius 3 is 2.85 bits per heavy atom. The zero-order valence-electron chi connectivity index (χ0n) is 11.9. The topological polar surface area (TPSA) is 41.6 Å². The van der Waals surface area contributed by atoms with Gasteiger partial charge in [-0.1, -0.05) is 12.1 Å². The van der Waals surface area contributed by atoms with Crippen LogP contribution in [0.25, 0.3) is 0 Å². The zero-order valence-corrected chi connectivity index (χ0v) is 14.1. The molecule has 2 rings (SSSR count). The number of rotatable bonds is 4. The van der Waals surface area contributed by atoms with Crippen LogP contribution in [0.3, 0.4) is 0 Å². The molecule has 20 heavy (non-hydrogen) atoms. The van der Waals surface area contributed by atoms with Crippen LogP contribution < -0.4 is 5.32 Å². The number of hydrogen-bond donors (Lipinski definition) is 1. The predicted octanol–water partition coefficient (Wildman–Crippen LogP) is 2.19. The van der Waals surface area contributed by atoms with Gasteiger partial charge < -0.3 is 10.1 Å². The number of hydrogen-bond acceptors (Lipinski definition) is 4. The van der Waals surface area contributed by atoms with E-state index in [2.05, 4.69) is 64.0 Å². The Bertz CT molecular complexity index is 450. The molecule has 1 fully saturated rings. The first kappa shape index (κ1) is 15.7. The Balaban J connectivity index is 2.14. The van der Waals surface area contributed by atoms with Crippen molar-refractivity contribution in [2.75, 3.05) is 26.2 Å². The Morgan fingerprint density at radius 2 is 2.20 bits per heavy atom. The smallest absolute Gasteiger partial charge is 0.324 e. The molecule has 2 unspecified atom stereocenters. The van der Waals surface area contributed by atoms with Gasteiger partial charge in [-0.2, -0.15) is 0 Å². The Morgan fingerprint density at radius 1 is 1.50 bits per heavy atom. The Hall–Kier alpha value is -0.660. The largest absolute Gasteiger partial charge is 0.465 e. The number of benzene rings is 1. The van der Waals surface area contributed by atoms with E-state index in [1.807, 2.05) is 6.92 Å². The fraction of sp³-hybridized carbons (Fsp3) is 0.533. The molecule has 5 heteroatoms. The van der Waals surface area contributed by atoms with Crippen molar-refractivity contribution in [2.45, 2.75) is 25.9 Å². The second-order valence-electron chi connectivity index (χ2n) is 4.94. The highest BCUT2D eigenvalue weighted by Gasteiger charge is 2.33. The summed E-state index contributed by atoms with van der Waals surface area (Å²) in [6.45, 7) is 6.86. The molecule has 0 saturated carbocycles. The van der Waals surface area contributed by atoms with E-state index < -0.39 is 0 Å². The third kappa shape index (κ3) is 3.71. The van der Waals surface area contributed by atoms with Gasteiger partial charge in [-0.05, 0) is 54.1 Å². The van der Waals surface area contributed by atoms with E-state index in [0.29, 0.717) is 13.2 Å². The average Bonchev–Trinajstić information content (AvgIpc) is 2.47. The maximum absolute atomic E-state index is 12.1. The molecule has 0 aromatic heterocycles. The van der Waals surface area contributed by atoms with Crippen molar-refractivity contribution < 1.29 is 9.53 Å². The molecule has 2 atom stereocenters. The average molecular weight is 388 g/mol. The highest BCUT2D eigenvalue weighted by molar-refractivity contribution is 14.1. The molecule has 0 radical (unpaired) electrons. The van der Waals surface area contributed by atoms with E-state index >= 15 is 0 Å². The van der Waals surface area contributed by atoms with Crippen LogP contribution in [0.2, 0.25) is 0 Å². The highest BCUT2D eigenvalue weighted by Crippen LogP contribution is 2.24. The summed E-state index contributed by atoms with van der Waals surface area (Å²) < 4.78 is 6.42. The number of halogens is 1. The van der Waals surface area contributed by atoms with Gasteiger partial charge in [0.15, 0.2) is 0 Å². The van der Waals surface area contributed by atoms with Crippen molar-refractivity contribution in [3.05, 3.63) is 33.4 Å². The van der Waals surface area contributed by atoms with Gasteiger partial charge in [0.25, 0.3) is 0 Å². The maximum atomic E-state index is 12.1. The fourth-order valence-electron chi connectivity index (χ4n) is 2.57. The fourth-order valence-corrected chi connectivity index (χ4v) is 2.93. The number of nitrogens with zero attached hydrogens (tertiary/aromatic N) is 1. The summed E-state index contributed by atoms with van der Waals surface area (Å²) in [5.74, 6) is -0.128. The minimum absolute atomic E-state index is 0.128. The molecule has 0 amide bonds. The first-order valence-corrected chi connectivity index (χ1v) is 8.10. The molecule has 0 bridgehead atoms. The van der Waals surface area contributed by atoms with Crippen molar-refractivity contribution in [3.63, 3.8) is 0 Å². The van der Waals surface area contributed by atoms with E-state index in [4.69, 9.17) is 4.74 Å². The van der Waals surface area contributed by atoms with E-state index in [1.54, 1.807) is 0 Å². The Labute approximate surface area is 134 Å². The number of piperazine rings is 1. The molecule has 1 aliphatic rings. The van der Waals surface area contributed by atoms with Crippen molar-refractivity contribution in [2.24, 2.45) is 0 Å². The van der Waals surface area contributed by atoms with Gasteiger partial charge in [0.2, 0.25) is 0 Å². The number of nitrogens with one attached hydrogen (secondary N) is 1. The molecule has 4 nitrogen and oxygen atoms in total. The lowest BCUT2D eigenvalue weighted by molar-refractivity contribution is -0.151. The van der Waals surface area contributed by atoms with Gasteiger partial charge in [-0.15, -0.1) is 0 Å². The maximum Gasteiger partial charge on any atom is 0.324 e. The third-order valence-corrected chi connectivity index (χ3v) is 4.41. The molecular formula is C15H21IN2O2. The second-order valence-corrected chi connectivity index (χ2v) is 6.18. The summed E-state index contributed by atoms with van der Waals surface area (Å²) in [4.78, 5) is 14.3. The standard InChI is InChI=1S/C15H21IN2O2/c1-3-20-15(19)14-10-17-8-9-18(14)11(2)12-4-6-13(16)7-5-12/h4-7,11,14,17H,3,8-10H2,1-2H3. The molecule has 1 N–H and O–H groups in total. The van der Waals surface area contributed by atoms with Crippen LogP contribution in [0, 0.1) is 3.57 Å². The summed E-state index contributed by atoms with van der Waals surface area (Å²) in [6, 6.07) is 8.50. The van der Waals surface area contributed by atoms with Gasteiger partial charge >= 0.3 is 5.97 Å². The van der Waals surface area contributed by atoms with E-state index in [0.717, 1.165) is 13.1 Å². The lowest BCUT2D eigenvalue weighted by Gasteiger charge is -2.38. The van der Waals surface area contributed by atoms with Crippen molar-refractivity contribution in [3.8, 4) is 0 Å². The minimum Gasteiger partial charge on any atom is -0.465 e. The molecule has 1 aromatic carbocycles. The van der Waals surface area contributed by atoms with Crippen LogP contribution in [-0.4, -0.2) is 43.2 Å². The molecule has 0 spiro atoms. The van der Waals surface area contributed by atoms with Crippen molar-refractivity contribution >= 4 is 28.6 Å². The molecule has 1 aromatic rings. The lowest BCUT2D eigenvalue weighted by Crippen LogP contribution is -2.55. The molecule has 1 saturated heterocycles. The first-order chi connectivity index (χ1) is 9.63. The number of carbonyl (C=O) groups excluding carboxylic acids is 1. The van der Waals surface area contributed by atoms with Gasteiger partial charge in [-0.25, -0.2) is 0 Å². The number of carbonyl (C=O) groups is 1. The van der Waals surface area contributed by atoms with Crippen LogP contribution in [0.4, 0.5) is 0 Å². The van der Waals surface area contributed by atoms with Crippen LogP contribution >= 0.6 is 22.6 Å². The monoisotopic (exact) mass is 388 g/mol. The lowest BCUT2D eigenvalue weighted by atomic mass is 10.0. The second kappa shape index (κ2) is 7.38. The van der Waals surface area contributed by atoms with Gasteiger partial charge in [-0.3, -0.25) is 9.69 Å². The van der Waals surface area contributed by atoms with Crippen molar-refractivity contribution in [1.29, 1.82) is 0 Å². The molecule has 1 aliphatic heterocycles. The molecular weight excluding hydrogens is 367 g/mol. The third-order valence-electron chi connectivity index (χ3n) is 3.69. The summed E-state index contributed by atoms with van der Waals surface area (Å²) >= 11 is 2.30. The first-order valence-electron chi connectivity index (χ1n) is 7.02. The summed E-state index contributed by atoms with van der Waals surface area (Å²) in [5.41, 5.74) is 1.24. The summed E-state index contributed by atoms with van der Waals surface area (Å²) in [7, 11) is 0. The van der Waals surface area contributed by atoms with Crippen molar-refractivity contribution in [1.82, 2.24) is 10.2 Å². The van der Waals surface area contributed by atoms with E-state index in [9.17, 15) is 4.79 Å². The predicted molar refractivity (Wildman–Crippen MR) is 87.6 cm³/mol. The molecule has 0 aliphatic carbocycles. The SMILES string of the molecule is CCOC(=O)C1CNCCN1C(C)c1ccc(I)cc1. The van der Waals surface area contributed by atoms with Gasteiger partial charge in [0.1, 0.15) is 6.04 Å². The zero-order chi connectivity index (χ0) is 14.5. The molecule has 1 heterocycles. The highest BCUT2D eigenvalue weighted by atomic mass is 127. The molecule has 110 valence electrons. The van der Waals surface area contributed by atoms with Crippen LogP contribution in [-0.2, 0) is 9.53 Å². The summed E-state index contributed by atoms with van der Waals surface area (Å²) in [5, 5.41) is 3.28. The summed E-state index contributed by atoms with van der Waals surface area (Å²) in [6.07, 6.45) is 0. The van der Waals surface area contributed by atoms with E-state index in [1.165, 1.54) is 9.13 Å². The van der Waals surface area contributed by atoms with Crippen LogP contribution in [0.15, 0.2) is 24.3 Å². The number of ether oxygens (including phenoxy) is 1. The van der Waals surface area contributed by atoms with Gasteiger partial charge in [0.05, 0.1) is 6.61 Å². The van der Waals surface area contributed by atoms with Crippen LogP contribution in [0.1, 0.15) is 25.5 Å². The quantitative estimate of drug-likeness (QED) is 0.635. The van der Waals surface area contributed by atoms with Gasteiger partial charge in [0, 0.05) is 29.2 Å². The normalized spacial score (nSPS) is 21.4. The Kier molecular flexibility index (Phi) is 5.80. The van der Waals surface area contributed by atoms with Crippen LogP contribution in [0.5, 0.6) is 0 Å². The number of esters is 1.